The second kappa shape index (κ2) is 10.2. The molecule has 5 rings (SSSR count). The first-order valence-electron chi connectivity index (χ1n) is 12.9. The summed E-state index contributed by atoms with van der Waals surface area (Å²) in [6.07, 6.45) is 4.17. The molecule has 0 spiro atoms. The van der Waals surface area contributed by atoms with Gasteiger partial charge in [0.05, 0.1) is 24.2 Å². The van der Waals surface area contributed by atoms with E-state index in [0.29, 0.717) is 45.6 Å². The fourth-order valence-corrected chi connectivity index (χ4v) is 5.58. The molecule has 0 radical (unpaired) electrons. The number of nitrogens with one attached hydrogen (secondary N) is 3. The van der Waals surface area contributed by atoms with Crippen LogP contribution in [0.5, 0.6) is 0 Å². The van der Waals surface area contributed by atoms with Gasteiger partial charge in [-0.3, -0.25) is 5.10 Å². The highest BCUT2D eigenvalue weighted by Crippen LogP contribution is 2.41. The van der Waals surface area contributed by atoms with Gasteiger partial charge in [-0.25, -0.2) is 9.56 Å². The Bertz CT molecular complexity index is 1320. The van der Waals surface area contributed by atoms with Crippen molar-refractivity contribution in [2.75, 3.05) is 7.05 Å². The van der Waals surface area contributed by atoms with Crippen LogP contribution in [0.1, 0.15) is 67.8 Å². The lowest BCUT2D eigenvalue weighted by molar-refractivity contribution is -0.365. The van der Waals surface area contributed by atoms with Gasteiger partial charge in [0.1, 0.15) is 11.4 Å². The van der Waals surface area contributed by atoms with Crippen molar-refractivity contribution >= 4 is 23.1 Å². The number of nitrogens with zero attached hydrogens (tertiary/aromatic N) is 3. The molecule has 1 aromatic carbocycles. The molecule has 0 bridgehead atoms. The van der Waals surface area contributed by atoms with Crippen LogP contribution >= 0.6 is 0 Å². The Kier molecular flexibility index (Phi) is 7.02. The summed E-state index contributed by atoms with van der Waals surface area (Å²) in [6, 6.07) is 9.10. The van der Waals surface area contributed by atoms with Gasteiger partial charge in [-0.1, -0.05) is 37.5 Å². The Morgan fingerprint density at radius 2 is 1.97 bits per heavy atom. The van der Waals surface area contributed by atoms with Crippen molar-refractivity contribution in [3.05, 3.63) is 47.3 Å². The van der Waals surface area contributed by atoms with Crippen LogP contribution in [-0.2, 0) is 12.7 Å². The molecule has 10 heteroatoms. The molecule has 2 fully saturated rings. The average Bonchev–Trinajstić information content (AvgIpc) is 3.53. The molecule has 2 heterocycles. The molecular weight excluding hydrogens is 479 g/mol. The maximum Gasteiger partial charge on any atom is 0.433 e. The number of aromatic amines is 1. The van der Waals surface area contributed by atoms with E-state index < -0.39 is 11.9 Å². The SMILES string of the molecule is C[N+](C=N)=C(N)[C@@H](c1cccc(-c2n[nH]c3c(CNC4CCCC4)nc(C(F)(F)F)cc23)c1)C1CCC1. The minimum atomic E-state index is -4.57. The number of halogens is 3. The maximum absolute atomic E-state index is 13.8. The smallest absolute Gasteiger partial charge is 0.322 e. The number of hydrogen-bond acceptors (Lipinski definition) is 4. The zero-order chi connectivity index (χ0) is 26.2. The quantitative estimate of drug-likeness (QED) is 0.190. The van der Waals surface area contributed by atoms with Gasteiger partial charge in [-0.2, -0.15) is 23.7 Å². The number of nitrogens with two attached hydrogens (primary N) is 1. The molecule has 196 valence electrons. The molecule has 2 aliphatic carbocycles. The van der Waals surface area contributed by atoms with Crippen LogP contribution in [-0.4, -0.2) is 45.0 Å². The van der Waals surface area contributed by atoms with Gasteiger partial charge in [0, 0.05) is 23.5 Å². The minimum absolute atomic E-state index is 0.0796. The van der Waals surface area contributed by atoms with Crippen LogP contribution in [0.15, 0.2) is 30.3 Å². The van der Waals surface area contributed by atoms with E-state index in [-0.39, 0.29) is 12.5 Å². The number of alkyl halides is 3. The first-order chi connectivity index (χ1) is 17.8. The van der Waals surface area contributed by atoms with Crippen LogP contribution in [0.2, 0.25) is 0 Å². The summed E-state index contributed by atoms with van der Waals surface area (Å²) in [6.45, 7) is 0.248. The number of aromatic nitrogens is 3. The van der Waals surface area contributed by atoms with Crippen LogP contribution < -0.4 is 11.1 Å². The van der Waals surface area contributed by atoms with Crippen LogP contribution in [0, 0.1) is 11.3 Å². The van der Waals surface area contributed by atoms with Gasteiger partial charge < -0.3 is 11.1 Å². The molecular formula is C27H33F3N7+. The Morgan fingerprint density at radius 1 is 1.22 bits per heavy atom. The van der Waals surface area contributed by atoms with Crippen molar-refractivity contribution in [3.63, 3.8) is 0 Å². The van der Waals surface area contributed by atoms with Gasteiger partial charge in [0.2, 0.25) is 12.2 Å². The molecule has 2 aliphatic rings. The number of hydrogen-bond donors (Lipinski definition) is 4. The summed E-state index contributed by atoms with van der Waals surface area (Å²) in [7, 11) is 1.76. The van der Waals surface area contributed by atoms with Crippen LogP contribution in [0.3, 0.4) is 0 Å². The van der Waals surface area contributed by atoms with Crippen molar-refractivity contribution in [1.82, 2.24) is 20.5 Å². The van der Waals surface area contributed by atoms with Crippen LogP contribution in [0.25, 0.3) is 22.2 Å². The second-order valence-electron chi connectivity index (χ2n) is 10.3. The summed E-state index contributed by atoms with van der Waals surface area (Å²) < 4.78 is 43.1. The largest absolute Gasteiger partial charge is 0.433 e. The monoisotopic (exact) mass is 512 g/mol. The third-order valence-corrected chi connectivity index (χ3v) is 7.89. The Labute approximate surface area is 213 Å². The summed E-state index contributed by atoms with van der Waals surface area (Å²) in [5.41, 5.74) is 8.54. The molecule has 0 aliphatic heterocycles. The molecule has 3 aromatic rings. The summed E-state index contributed by atoms with van der Waals surface area (Å²) in [4.78, 5) is 3.97. The number of amidine groups is 1. The van der Waals surface area contributed by atoms with Crippen molar-refractivity contribution < 1.29 is 17.7 Å². The molecule has 5 N–H and O–H groups in total. The standard InChI is InChI=1S/C27H32F3N7/c1-37(15-31)26(32)23(16-6-4-7-16)17-8-5-9-18(12-17)24-20-13-22(27(28,29)30)34-21(25(20)36-35-24)14-33-19-10-2-3-11-19/h5,8-9,12-13,15-16,19,23,31-33H,2-4,6-7,10-11,14H2,1H3,(H,34,35,36)/p+1/t23-/m1/s1. The van der Waals surface area contributed by atoms with Crippen LogP contribution in [0.4, 0.5) is 13.2 Å². The first kappa shape index (κ1) is 25.4. The van der Waals surface area contributed by atoms with Crippen molar-refractivity contribution in [3.8, 4) is 11.3 Å². The highest BCUT2D eigenvalue weighted by molar-refractivity contribution is 5.95. The topological polar surface area (TPSA) is 106 Å². The molecule has 2 saturated carbocycles. The molecule has 0 unspecified atom stereocenters. The summed E-state index contributed by atoms with van der Waals surface area (Å²) in [5.74, 6) is 0.875. The van der Waals surface area contributed by atoms with E-state index in [2.05, 4.69) is 20.5 Å². The van der Waals surface area contributed by atoms with Gasteiger partial charge in [-0.15, -0.1) is 0 Å². The minimum Gasteiger partial charge on any atom is -0.322 e. The molecule has 2 aromatic heterocycles. The zero-order valence-electron chi connectivity index (χ0n) is 20.9. The van der Waals surface area contributed by atoms with Crippen molar-refractivity contribution in [1.29, 1.82) is 5.41 Å². The lowest BCUT2D eigenvalue weighted by Gasteiger charge is -2.33. The molecule has 7 nitrogen and oxygen atoms in total. The third kappa shape index (κ3) is 5.12. The normalized spacial score (nSPS) is 18.6. The summed E-state index contributed by atoms with van der Waals surface area (Å²) in [5, 5.41) is 18.8. The van der Waals surface area contributed by atoms with Gasteiger partial charge in [-0.05, 0) is 49.3 Å². The Hall–Kier alpha value is -3.27. The number of pyridine rings is 1. The molecule has 0 amide bonds. The van der Waals surface area contributed by atoms with E-state index in [9.17, 15) is 13.2 Å². The van der Waals surface area contributed by atoms with E-state index in [0.717, 1.165) is 56.6 Å². The number of fused-ring (bicyclic) bond motifs is 1. The van der Waals surface area contributed by atoms with Crippen molar-refractivity contribution in [2.45, 2.75) is 69.6 Å². The third-order valence-electron chi connectivity index (χ3n) is 7.89. The fourth-order valence-electron chi connectivity index (χ4n) is 5.58. The Morgan fingerprint density at radius 3 is 2.62 bits per heavy atom. The molecule has 0 saturated heterocycles. The van der Waals surface area contributed by atoms with Gasteiger partial charge in [0.25, 0.3) is 0 Å². The van der Waals surface area contributed by atoms with Gasteiger partial charge in [0.15, 0.2) is 0 Å². The average molecular weight is 513 g/mol. The number of benzene rings is 1. The second-order valence-corrected chi connectivity index (χ2v) is 10.3. The van der Waals surface area contributed by atoms with E-state index in [1.807, 2.05) is 24.3 Å². The Balaban J connectivity index is 1.56. The first-order valence-corrected chi connectivity index (χ1v) is 12.9. The van der Waals surface area contributed by atoms with Gasteiger partial charge >= 0.3 is 6.18 Å². The van der Waals surface area contributed by atoms with E-state index in [1.165, 1.54) is 6.34 Å². The molecule has 1 atom stereocenters. The lowest BCUT2D eigenvalue weighted by atomic mass is 9.72. The number of H-pyrrole nitrogens is 1. The maximum atomic E-state index is 13.8. The van der Waals surface area contributed by atoms with E-state index in [1.54, 1.807) is 11.6 Å². The highest BCUT2D eigenvalue weighted by atomic mass is 19.4. The highest BCUT2D eigenvalue weighted by Gasteiger charge is 2.35. The number of rotatable bonds is 8. The van der Waals surface area contributed by atoms with Crippen molar-refractivity contribution in [2.24, 2.45) is 11.7 Å². The zero-order valence-corrected chi connectivity index (χ0v) is 20.9. The predicted molar refractivity (Wildman–Crippen MR) is 138 cm³/mol. The fraction of sp³-hybridized carbons (Fsp3) is 0.481. The summed E-state index contributed by atoms with van der Waals surface area (Å²) >= 11 is 0. The predicted octanol–water partition coefficient (Wildman–Crippen LogP) is 5.17. The molecule has 37 heavy (non-hydrogen) atoms. The van der Waals surface area contributed by atoms with E-state index in [4.69, 9.17) is 11.1 Å². The lowest BCUT2D eigenvalue weighted by Crippen LogP contribution is -2.37. The van der Waals surface area contributed by atoms with E-state index >= 15 is 0 Å².